The van der Waals surface area contributed by atoms with E-state index in [1.165, 1.54) is 0 Å². The van der Waals surface area contributed by atoms with Crippen LogP contribution in [0.1, 0.15) is 57.1 Å². The molecule has 1 aliphatic heterocycles. The predicted octanol–water partition coefficient (Wildman–Crippen LogP) is 5.21. The van der Waals surface area contributed by atoms with Gasteiger partial charge in [0, 0.05) is 18.5 Å². The standard InChI is InChI=1S/C19H24F3NO2/c1-17(2,3)25-16(24)23-11-18(12-23)9-8-14(10-18)13-4-6-15(7-5-13)19(20,21)22/h4-7,14H,8-12H2,1-3H3/t14-/m0/s1. The number of amides is 1. The summed E-state index contributed by atoms with van der Waals surface area (Å²) < 4.78 is 43.4. The minimum atomic E-state index is -4.29. The van der Waals surface area contributed by atoms with Gasteiger partial charge in [-0.25, -0.2) is 4.79 Å². The Morgan fingerprint density at radius 3 is 2.28 bits per heavy atom. The van der Waals surface area contributed by atoms with Gasteiger partial charge in [-0.05, 0) is 63.6 Å². The first kappa shape index (κ1) is 18.1. The van der Waals surface area contributed by atoms with Gasteiger partial charge in [0.05, 0.1) is 5.56 Å². The summed E-state index contributed by atoms with van der Waals surface area (Å²) in [4.78, 5) is 13.8. The minimum Gasteiger partial charge on any atom is -0.444 e. The van der Waals surface area contributed by atoms with Gasteiger partial charge in [0.1, 0.15) is 5.60 Å². The molecule has 1 aliphatic carbocycles. The summed E-state index contributed by atoms with van der Waals surface area (Å²) in [7, 11) is 0. The van der Waals surface area contributed by atoms with E-state index in [0.29, 0.717) is 13.1 Å². The molecule has 3 rings (SSSR count). The highest BCUT2D eigenvalue weighted by atomic mass is 19.4. The molecule has 2 fully saturated rings. The van der Waals surface area contributed by atoms with Crippen LogP contribution in [0, 0.1) is 5.41 Å². The SMILES string of the molecule is CC(C)(C)OC(=O)N1CC2(CC[C@H](c3ccc(C(F)(F)F)cc3)C2)C1. The average molecular weight is 355 g/mol. The molecule has 1 saturated heterocycles. The maximum absolute atomic E-state index is 12.7. The van der Waals surface area contributed by atoms with Crippen LogP contribution in [0.2, 0.25) is 0 Å². The molecule has 1 spiro atoms. The first-order valence-corrected chi connectivity index (χ1v) is 8.63. The smallest absolute Gasteiger partial charge is 0.416 e. The molecule has 25 heavy (non-hydrogen) atoms. The lowest BCUT2D eigenvalue weighted by Gasteiger charge is -2.48. The fourth-order valence-corrected chi connectivity index (χ4v) is 3.94. The molecule has 1 aromatic rings. The van der Waals surface area contributed by atoms with Gasteiger partial charge in [-0.15, -0.1) is 0 Å². The number of halogens is 3. The van der Waals surface area contributed by atoms with Gasteiger partial charge in [-0.2, -0.15) is 13.2 Å². The third-order valence-corrected chi connectivity index (χ3v) is 5.12. The highest BCUT2D eigenvalue weighted by molar-refractivity contribution is 5.69. The molecule has 0 unspecified atom stereocenters. The van der Waals surface area contributed by atoms with Crippen LogP contribution in [-0.2, 0) is 10.9 Å². The minimum absolute atomic E-state index is 0.101. The number of nitrogens with zero attached hydrogens (tertiary/aromatic N) is 1. The molecule has 0 radical (unpaired) electrons. The first-order valence-electron chi connectivity index (χ1n) is 8.63. The second kappa shape index (κ2) is 5.92. The second-order valence-corrected chi connectivity index (χ2v) is 8.40. The van der Waals surface area contributed by atoms with Crippen LogP contribution in [0.3, 0.4) is 0 Å². The number of carbonyl (C=O) groups is 1. The highest BCUT2D eigenvalue weighted by Gasteiger charge is 2.50. The molecule has 1 heterocycles. The van der Waals surface area contributed by atoms with E-state index in [4.69, 9.17) is 4.74 Å². The maximum atomic E-state index is 12.7. The number of likely N-dealkylation sites (tertiary alicyclic amines) is 1. The van der Waals surface area contributed by atoms with Crippen LogP contribution < -0.4 is 0 Å². The van der Waals surface area contributed by atoms with Gasteiger partial charge in [0.2, 0.25) is 0 Å². The van der Waals surface area contributed by atoms with E-state index in [2.05, 4.69) is 0 Å². The van der Waals surface area contributed by atoms with Crippen LogP contribution >= 0.6 is 0 Å². The normalized spacial score (nSPS) is 22.8. The Bertz CT molecular complexity index is 640. The van der Waals surface area contributed by atoms with E-state index in [-0.39, 0.29) is 17.4 Å². The summed E-state index contributed by atoms with van der Waals surface area (Å²) in [5, 5.41) is 0. The summed E-state index contributed by atoms with van der Waals surface area (Å²) >= 11 is 0. The van der Waals surface area contributed by atoms with Gasteiger partial charge < -0.3 is 9.64 Å². The van der Waals surface area contributed by atoms with Crippen molar-refractivity contribution in [1.29, 1.82) is 0 Å². The summed E-state index contributed by atoms with van der Waals surface area (Å²) in [6.07, 6.45) is -1.71. The molecular weight excluding hydrogens is 331 g/mol. The average Bonchev–Trinajstić information content (AvgIpc) is 2.88. The van der Waals surface area contributed by atoms with Crippen molar-refractivity contribution in [2.24, 2.45) is 5.41 Å². The Morgan fingerprint density at radius 2 is 1.76 bits per heavy atom. The van der Waals surface area contributed by atoms with Crippen molar-refractivity contribution in [2.75, 3.05) is 13.1 Å². The maximum Gasteiger partial charge on any atom is 0.416 e. The number of rotatable bonds is 1. The zero-order valence-electron chi connectivity index (χ0n) is 14.8. The number of benzene rings is 1. The summed E-state index contributed by atoms with van der Waals surface area (Å²) in [6, 6.07) is 5.51. The van der Waals surface area contributed by atoms with E-state index in [1.54, 1.807) is 17.0 Å². The van der Waals surface area contributed by atoms with Crippen molar-refractivity contribution in [3.8, 4) is 0 Å². The number of hydrogen-bond donors (Lipinski definition) is 0. The summed E-state index contributed by atoms with van der Waals surface area (Å²) in [5.74, 6) is 0.267. The van der Waals surface area contributed by atoms with Crippen LogP contribution in [-0.4, -0.2) is 29.7 Å². The zero-order valence-corrected chi connectivity index (χ0v) is 14.8. The van der Waals surface area contributed by atoms with Crippen molar-refractivity contribution in [3.05, 3.63) is 35.4 Å². The van der Waals surface area contributed by atoms with E-state index in [0.717, 1.165) is 37.0 Å². The number of carbonyl (C=O) groups excluding carboxylic acids is 1. The van der Waals surface area contributed by atoms with E-state index < -0.39 is 17.3 Å². The van der Waals surface area contributed by atoms with Crippen LogP contribution in [0.25, 0.3) is 0 Å². The lowest BCUT2D eigenvalue weighted by atomic mass is 9.77. The number of alkyl halides is 3. The first-order chi connectivity index (χ1) is 11.5. The lowest BCUT2D eigenvalue weighted by Crippen LogP contribution is -2.58. The van der Waals surface area contributed by atoms with Crippen LogP contribution in [0.4, 0.5) is 18.0 Å². The molecule has 3 nitrogen and oxygen atoms in total. The third kappa shape index (κ3) is 3.93. The highest BCUT2D eigenvalue weighted by Crippen LogP contribution is 2.52. The van der Waals surface area contributed by atoms with Gasteiger partial charge in [0.15, 0.2) is 0 Å². The lowest BCUT2D eigenvalue weighted by molar-refractivity contribution is -0.137. The summed E-state index contributed by atoms with van der Waals surface area (Å²) in [5.41, 5.74) is -0.0490. The Kier molecular flexibility index (Phi) is 4.28. The van der Waals surface area contributed by atoms with E-state index >= 15 is 0 Å². The zero-order chi connectivity index (χ0) is 18.5. The Hall–Kier alpha value is -1.72. The van der Waals surface area contributed by atoms with Crippen molar-refractivity contribution in [2.45, 2.75) is 57.7 Å². The molecule has 1 atom stereocenters. The Labute approximate surface area is 146 Å². The monoisotopic (exact) mass is 355 g/mol. The van der Waals surface area contributed by atoms with Crippen molar-refractivity contribution < 1.29 is 22.7 Å². The molecule has 0 bridgehead atoms. The van der Waals surface area contributed by atoms with Gasteiger partial charge in [-0.3, -0.25) is 0 Å². The summed E-state index contributed by atoms with van der Waals surface area (Å²) in [6.45, 7) is 6.89. The molecule has 1 aromatic carbocycles. The van der Waals surface area contributed by atoms with Gasteiger partial charge >= 0.3 is 12.3 Å². The molecule has 0 aromatic heterocycles. The Morgan fingerprint density at radius 1 is 1.16 bits per heavy atom. The molecule has 6 heteroatoms. The molecule has 0 N–H and O–H groups in total. The van der Waals surface area contributed by atoms with E-state index in [1.807, 2.05) is 20.8 Å². The number of hydrogen-bond acceptors (Lipinski definition) is 2. The van der Waals surface area contributed by atoms with E-state index in [9.17, 15) is 18.0 Å². The molecule has 1 saturated carbocycles. The molecule has 2 aliphatic rings. The quantitative estimate of drug-likeness (QED) is 0.692. The van der Waals surface area contributed by atoms with Crippen molar-refractivity contribution in [1.82, 2.24) is 4.90 Å². The van der Waals surface area contributed by atoms with Crippen LogP contribution in [0.5, 0.6) is 0 Å². The number of ether oxygens (including phenoxy) is 1. The van der Waals surface area contributed by atoms with Gasteiger partial charge in [0.25, 0.3) is 0 Å². The molecule has 1 amide bonds. The van der Waals surface area contributed by atoms with Crippen molar-refractivity contribution >= 4 is 6.09 Å². The van der Waals surface area contributed by atoms with Crippen LogP contribution in [0.15, 0.2) is 24.3 Å². The molecular formula is C19H24F3NO2. The second-order valence-electron chi connectivity index (χ2n) is 8.40. The molecule has 138 valence electrons. The fraction of sp³-hybridized carbons (Fsp3) is 0.632. The van der Waals surface area contributed by atoms with Crippen molar-refractivity contribution in [3.63, 3.8) is 0 Å². The Balaban J connectivity index is 1.57. The largest absolute Gasteiger partial charge is 0.444 e. The predicted molar refractivity (Wildman–Crippen MR) is 88.3 cm³/mol. The topological polar surface area (TPSA) is 29.5 Å². The van der Waals surface area contributed by atoms with Gasteiger partial charge in [-0.1, -0.05) is 12.1 Å². The fourth-order valence-electron chi connectivity index (χ4n) is 3.94. The third-order valence-electron chi connectivity index (χ3n) is 5.12.